The third-order valence-corrected chi connectivity index (χ3v) is 3.20. The summed E-state index contributed by atoms with van der Waals surface area (Å²) in [5.41, 5.74) is 2.20. The highest BCUT2D eigenvalue weighted by Crippen LogP contribution is 2.20. The van der Waals surface area contributed by atoms with Crippen LogP contribution in [0.15, 0.2) is 30.7 Å². The van der Waals surface area contributed by atoms with Crippen LogP contribution in [-0.4, -0.2) is 38.4 Å². The SMILES string of the molecule is O=C(NC1CC1)c1ccc(-c2cnn(CCO)c2)nc1. The molecule has 20 heavy (non-hydrogen) atoms. The van der Waals surface area contributed by atoms with Crippen LogP contribution in [0, 0.1) is 0 Å². The van der Waals surface area contributed by atoms with Gasteiger partial charge in [0.1, 0.15) is 0 Å². The second kappa shape index (κ2) is 5.42. The Labute approximate surface area is 116 Å². The molecule has 3 rings (SSSR count). The van der Waals surface area contributed by atoms with Crippen LogP contribution in [0.5, 0.6) is 0 Å². The highest BCUT2D eigenvalue weighted by Gasteiger charge is 2.23. The van der Waals surface area contributed by atoms with Gasteiger partial charge in [0.2, 0.25) is 0 Å². The summed E-state index contributed by atoms with van der Waals surface area (Å²) in [6, 6.07) is 3.92. The first kappa shape index (κ1) is 12.8. The maximum absolute atomic E-state index is 11.8. The van der Waals surface area contributed by atoms with E-state index in [1.54, 1.807) is 23.1 Å². The summed E-state index contributed by atoms with van der Waals surface area (Å²) in [6.45, 7) is 0.511. The molecule has 1 fully saturated rings. The molecular weight excluding hydrogens is 256 g/mol. The first-order valence-electron chi connectivity index (χ1n) is 6.67. The Balaban J connectivity index is 1.72. The van der Waals surface area contributed by atoms with Crippen molar-refractivity contribution in [3.8, 4) is 11.3 Å². The quantitative estimate of drug-likeness (QED) is 0.845. The van der Waals surface area contributed by atoms with E-state index in [1.807, 2.05) is 12.3 Å². The second-order valence-corrected chi connectivity index (χ2v) is 4.90. The Morgan fingerprint density at radius 1 is 1.40 bits per heavy atom. The van der Waals surface area contributed by atoms with Crippen LogP contribution in [0.2, 0.25) is 0 Å². The Bertz CT molecular complexity index is 602. The van der Waals surface area contributed by atoms with Gasteiger partial charge in [-0.15, -0.1) is 0 Å². The molecule has 2 aromatic heterocycles. The van der Waals surface area contributed by atoms with Crippen molar-refractivity contribution in [2.75, 3.05) is 6.61 Å². The smallest absolute Gasteiger partial charge is 0.253 e. The molecule has 2 aromatic rings. The van der Waals surface area contributed by atoms with E-state index in [4.69, 9.17) is 5.11 Å². The zero-order valence-corrected chi connectivity index (χ0v) is 11.0. The van der Waals surface area contributed by atoms with E-state index in [0.29, 0.717) is 18.2 Å². The molecule has 6 heteroatoms. The molecule has 1 aliphatic rings. The number of aliphatic hydroxyl groups is 1. The van der Waals surface area contributed by atoms with Crippen molar-refractivity contribution in [2.24, 2.45) is 0 Å². The average molecular weight is 272 g/mol. The minimum absolute atomic E-state index is 0.0504. The second-order valence-electron chi connectivity index (χ2n) is 4.90. The fourth-order valence-corrected chi connectivity index (χ4v) is 1.92. The monoisotopic (exact) mass is 272 g/mol. The van der Waals surface area contributed by atoms with E-state index in [9.17, 15) is 4.79 Å². The van der Waals surface area contributed by atoms with Crippen molar-refractivity contribution in [3.63, 3.8) is 0 Å². The highest BCUT2D eigenvalue weighted by molar-refractivity contribution is 5.94. The summed E-state index contributed by atoms with van der Waals surface area (Å²) < 4.78 is 1.66. The molecule has 6 nitrogen and oxygen atoms in total. The van der Waals surface area contributed by atoms with Crippen LogP contribution < -0.4 is 5.32 Å². The zero-order valence-electron chi connectivity index (χ0n) is 11.0. The highest BCUT2D eigenvalue weighted by atomic mass is 16.3. The third-order valence-electron chi connectivity index (χ3n) is 3.20. The molecule has 2 N–H and O–H groups in total. The van der Waals surface area contributed by atoms with Crippen LogP contribution in [0.3, 0.4) is 0 Å². The molecule has 1 amide bonds. The van der Waals surface area contributed by atoms with Gasteiger partial charge in [-0.1, -0.05) is 0 Å². The van der Waals surface area contributed by atoms with Gasteiger partial charge in [-0.05, 0) is 25.0 Å². The van der Waals surface area contributed by atoms with Gasteiger partial charge in [0.05, 0.1) is 30.6 Å². The molecule has 0 radical (unpaired) electrons. The lowest BCUT2D eigenvalue weighted by Crippen LogP contribution is -2.25. The summed E-state index contributed by atoms with van der Waals surface area (Å²) >= 11 is 0. The van der Waals surface area contributed by atoms with Crippen LogP contribution in [0.1, 0.15) is 23.2 Å². The fraction of sp³-hybridized carbons (Fsp3) is 0.357. The van der Waals surface area contributed by atoms with Gasteiger partial charge in [-0.3, -0.25) is 14.5 Å². The van der Waals surface area contributed by atoms with Gasteiger partial charge in [0, 0.05) is 24.0 Å². The zero-order chi connectivity index (χ0) is 13.9. The molecule has 2 heterocycles. The van der Waals surface area contributed by atoms with Gasteiger partial charge in [-0.2, -0.15) is 5.10 Å². The van der Waals surface area contributed by atoms with Gasteiger partial charge in [0.15, 0.2) is 0 Å². The Morgan fingerprint density at radius 2 is 2.25 bits per heavy atom. The normalized spacial score (nSPS) is 14.2. The van der Waals surface area contributed by atoms with Crippen molar-refractivity contribution in [2.45, 2.75) is 25.4 Å². The molecule has 1 aliphatic carbocycles. The molecule has 0 atom stereocenters. The number of hydrogen-bond donors (Lipinski definition) is 2. The first-order valence-corrected chi connectivity index (χ1v) is 6.67. The van der Waals surface area contributed by atoms with E-state index < -0.39 is 0 Å². The molecule has 104 valence electrons. The Hall–Kier alpha value is -2.21. The standard InChI is InChI=1S/C14H16N4O2/c19-6-5-18-9-11(8-16-18)13-4-1-10(7-15-13)14(20)17-12-2-3-12/h1,4,7-9,12,19H,2-3,5-6H2,(H,17,20). The molecule has 0 spiro atoms. The first-order chi connectivity index (χ1) is 9.76. The third kappa shape index (κ3) is 2.85. The van der Waals surface area contributed by atoms with Gasteiger partial charge in [-0.25, -0.2) is 0 Å². The van der Waals surface area contributed by atoms with E-state index in [1.165, 1.54) is 0 Å². The molecule has 0 unspecified atom stereocenters. The van der Waals surface area contributed by atoms with Crippen LogP contribution >= 0.6 is 0 Å². The number of nitrogens with zero attached hydrogens (tertiary/aromatic N) is 3. The van der Waals surface area contributed by atoms with Crippen LogP contribution in [-0.2, 0) is 6.54 Å². The number of hydrogen-bond acceptors (Lipinski definition) is 4. The molecule has 0 aliphatic heterocycles. The van der Waals surface area contributed by atoms with Crippen molar-refractivity contribution >= 4 is 5.91 Å². The van der Waals surface area contributed by atoms with Gasteiger partial charge < -0.3 is 10.4 Å². The van der Waals surface area contributed by atoms with Crippen molar-refractivity contribution in [1.29, 1.82) is 0 Å². The summed E-state index contributed by atoms with van der Waals surface area (Å²) in [5, 5.41) is 15.9. The summed E-state index contributed by atoms with van der Waals surface area (Å²) in [5.74, 6) is -0.0671. The summed E-state index contributed by atoms with van der Waals surface area (Å²) in [4.78, 5) is 16.1. The number of nitrogens with one attached hydrogen (secondary N) is 1. The van der Waals surface area contributed by atoms with Crippen molar-refractivity contribution < 1.29 is 9.90 Å². The number of amides is 1. The molecule has 0 saturated heterocycles. The number of rotatable bonds is 5. The van der Waals surface area contributed by atoms with Gasteiger partial charge >= 0.3 is 0 Å². The van der Waals surface area contributed by atoms with Crippen molar-refractivity contribution in [3.05, 3.63) is 36.3 Å². The number of carbonyl (C=O) groups is 1. The van der Waals surface area contributed by atoms with Gasteiger partial charge in [0.25, 0.3) is 5.91 Å². The Morgan fingerprint density at radius 3 is 2.90 bits per heavy atom. The maximum Gasteiger partial charge on any atom is 0.253 e. The minimum atomic E-state index is -0.0671. The molecule has 1 saturated carbocycles. The fourth-order valence-electron chi connectivity index (χ4n) is 1.92. The predicted molar refractivity (Wildman–Crippen MR) is 73.0 cm³/mol. The average Bonchev–Trinajstić information content (AvgIpc) is 3.15. The topological polar surface area (TPSA) is 80.0 Å². The van der Waals surface area contributed by atoms with Crippen molar-refractivity contribution in [1.82, 2.24) is 20.1 Å². The number of aliphatic hydroxyl groups excluding tert-OH is 1. The molecule has 0 aromatic carbocycles. The lowest BCUT2D eigenvalue weighted by Gasteiger charge is -2.03. The predicted octanol–water partition coefficient (Wildman–Crippen LogP) is 0.830. The van der Waals surface area contributed by atoms with E-state index in [0.717, 1.165) is 24.1 Å². The van der Waals surface area contributed by atoms with E-state index >= 15 is 0 Å². The minimum Gasteiger partial charge on any atom is -0.394 e. The van der Waals surface area contributed by atoms with E-state index in [2.05, 4.69) is 15.4 Å². The van der Waals surface area contributed by atoms with E-state index in [-0.39, 0.29) is 12.5 Å². The summed E-state index contributed by atoms with van der Waals surface area (Å²) in [6.07, 6.45) is 7.24. The molecular formula is C14H16N4O2. The number of pyridine rings is 1. The lowest BCUT2D eigenvalue weighted by molar-refractivity contribution is 0.0950. The number of carbonyl (C=O) groups excluding carboxylic acids is 1. The largest absolute Gasteiger partial charge is 0.394 e. The number of aromatic nitrogens is 3. The molecule has 0 bridgehead atoms. The Kier molecular flexibility index (Phi) is 3.47. The van der Waals surface area contributed by atoms with Crippen LogP contribution in [0.25, 0.3) is 11.3 Å². The van der Waals surface area contributed by atoms with Crippen LogP contribution in [0.4, 0.5) is 0 Å². The maximum atomic E-state index is 11.8. The lowest BCUT2D eigenvalue weighted by atomic mass is 10.2. The summed E-state index contributed by atoms with van der Waals surface area (Å²) in [7, 11) is 0.